The molecule has 2 saturated heterocycles. The van der Waals surface area contributed by atoms with Gasteiger partial charge in [0, 0.05) is 31.8 Å². The molecule has 0 spiro atoms. The monoisotopic (exact) mass is 255 g/mol. The Morgan fingerprint density at radius 3 is 1.78 bits per heavy atom. The van der Waals surface area contributed by atoms with Crippen molar-refractivity contribution in [2.24, 2.45) is 5.41 Å². The van der Waals surface area contributed by atoms with E-state index in [0.717, 1.165) is 13.2 Å². The average molecular weight is 255 g/mol. The molecule has 0 amide bonds. The van der Waals surface area contributed by atoms with Gasteiger partial charge in [0.1, 0.15) is 0 Å². The van der Waals surface area contributed by atoms with E-state index in [1.54, 1.807) is 0 Å². The summed E-state index contributed by atoms with van der Waals surface area (Å²) in [6.07, 6.45) is 5.16. The molecule has 0 aromatic heterocycles. The molecular weight excluding hydrogens is 226 g/mol. The number of ether oxygens (including phenoxy) is 2. The third-order valence-corrected chi connectivity index (χ3v) is 5.18. The van der Waals surface area contributed by atoms with E-state index in [1.807, 2.05) is 14.2 Å². The van der Waals surface area contributed by atoms with Crippen LogP contribution in [0.1, 0.15) is 46.5 Å². The van der Waals surface area contributed by atoms with Gasteiger partial charge < -0.3 is 9.47 Å². The highest BCUT2D eigenvalue weighted by Gasteiger charge is 2.58. The quantitative estimate of drug-likeness (QED) is 0.771. The van der Waals surface area contributed by atoms with Gasteiger partial charge in [-0.2, -0.15) is 0 Å². The van der Waals surface area contributed by atoms with Crippen molar-refractivity contribution in [3.63, 3.8) is 0 Å². The Kier molecular flexibility index (Phi) is 4.05. The number of rotatable bonds is 4. The molecule has 0 bridgehead atoms. The van der Waals surface area contributed by atoms with E-state index in [0.29, 0.717) is 23.0 Å². The largest absolute Gasteiger partial charge is 0.383 e. The standard InChI is InChI=1S/C15H29NO2/c1-14(2,3)15-8-6-12(10-17-4)16(15)13(7-9-15)11-18-5/h12-13H,6-11H2,1-5H3. The van der Waals surface area contributed by atoms with Gasteiger partial charge in [0.25, 0.3) is 0 Å². The molecule has 2 heterocycles. The van der Waals surface area contributed by atoms with Gasteiger partial charge in [-0.25, -0.2) is 0 Å². The summed E-state index contributed by atoms with van der Waals surface area (Å²) in [5, 5.41) is 0. The SMILES string of the molecule is COCC1CCC2(C(C)(C)C)CCC(COC)N12. The minimum atomic E-state index is 0.331. The molecule has 2 aliphatic heterocycles. The van der Waals surface area contributed by atoms with Crippen molar-refractivity contribution >= 4 is 0 Å². The van der Waals surface area contributed by atoms with Gasteiger partial charge in [-0.05, 0) is 31.1 Å². The zero-order valence-corrected chi connectivity index (χ0v) is 12.7. The topological polar surface area (TPSA) is 21.7 Å². The highest BCUT2D eigenvalue weighted by atomic mass is 16.5. The van der Waals surface area contributed by atoms with Crippen LogP contribution in [0.15, 0.2) is 0 Å². The molecule has 2 rings (SSSR count). The lowest BCUT2D eigenvalue weighted by Gasteiger charge is -2.47. The van der Waals surface area contributed by atoms with Gasteiger partial charge in [0.05, 0.1) is 13.2 Å². The van der Waals surface area contributed by atoms with Crippen molar-refractivity contribution < 1.29 is 9.47 Å². The molecule has 0 saturated carbocycles. The zero-order chi connectivity index (χ0) is 13.4. The third-order valence-electron chi connectivity index (χ3n) is 5.18. The summed E-state index contributed by atoms with van der Waals surface area (Å²) in [5.74, 6) is 0. The van der Waals surface area contributed by atoms with Crippen LogP contribution in [0, 0.1) is 5.41 Å². The Morgan fingerprint density at radius 2 is 1.44 bits per heavy atom. The molecule has 106 valence electrons. The van der Waals surface area contributed by atoms with Gasteiger partial charge in [-0.3, -0.25) is 4.90 Å². The maximum Gasteiger partial charge on any atom is 0.0618 e. The van der Waals surface area contributed by atoms with E-state index in [2.05, 4.69) is 25.7 Å². The predicted octanol–water partition coefficient (Wildman–Crippen LogP) is 2.69. The number of fused-ring (bicyclic) bond motifs is 1. The van der Waals surface area contributed by atoms with E-state index < -0.39 is 0 Å². The molecule has 2 fully saturated rings. The fourth-order valence-corrected chi connectivity index (χ4v) is 4.32. The molecular formula is C15H29NO2. The first-order chi connectivity index (χ1) is 8.46. The molecule has 0 N–H and O–H groups in total. The maximum absolute atomic E-state index is 5.44. The minimum absolute atomic E-state index is 0.331. The highest BCUT2D eigenvalue weighted by molar-refractivity contribution is 5.13. The van der Waals surface area contributed by atoms with E-state index in [1.165, 1.54) is 25.7 Å². The van der Waals surface area contributed by atoms with Crippen LogP contribution >= 0.6 is 0 Å². The first-order valence-electron chi connectivity index (χ1n) is 7.22. The lowest BCUT2D eigenvalue weighted by atomic mass is 9.71. The summed E-state index contributed by atoms with van der Waals surface area (Å²) in [6, 6.07) is 1.16. The molecule has 0 radical (unpaired) electrons. The fraction of sp³-hybridized carbons (Fsp3) is 1.00. The van der Waals surface area contributed by atoms with E-state index in [-0.39, 0.29) is 0 Å². The summed E-state index contributed by atoms with van der Waals surface area (Å²) in [4.78, 5) is 2.75. The van der Waals surface area contributed by atoms with Crippen molar-refractivity contribution in [3.05, 3.63) is 0 Å². The van der Waals surface area contributed by atoms with Crippen LogP contribution < -0.4 is 0 Å². The lowest BCUT2D eigenvalue weighted by Crippen LogP contribution is -2.55. The smallest absolute Gasteiger partial charge is 0.0618 e. The van der Waals surface area contributed by atoms with E-state index in [4.69, 9.17) is 9.47 Å². The Bertz CT molecular complexity index is 267. The third kappa shape index (κ3) is 2.10. The van der Waals surface area contributed by atoms with Crippen molar-refractivity contribution in [3.8, 4) is 0 Å². The molecule has 0 aromatic carbocycles. The van der Waals surface area contributed by atoms with E-state index in [9.17, 15) is 0 Å². The second-order valence-corrected chi connectivity index (χ2v) is 6.98. The summed E-state index contributed by atoms with van der Waals surface area (Å²) >= 11 is 0. The number of methoxy groups -OCH3 is 2. The Hall–Kier alpha value is -0.120. The molecule has 2 aliphatic rings. The van der Waals surface area contributed by atoms with Crippen LogP contribution in [-0.2, 0) is 9.47 Å². The molecule has 3 heteroatoms. The molecule has 2 unspecified atom stereocenters. The van der Waals surface area contributed by atoms with Crippen LogP contribution in [0.2, 0.25) is 0 Å². The first-order valence-corrected chi connectivity index (χ1v) is 7.22. The lowest BCUT2D eigenvalue weighted by molar-refractivity contribution is -0.0200. The number of hydrogen-bond donors (Lipinski definition) is 0. The number of nitrogens with zero attached hydrogens (tertiary/aromatic N) is 1. The fourth-order valence-electron chi connectivity index (χ4n) is 4.32. The molecule has 0 aliphatic carbocycles. The molecule has 2 atom stereocenters. The normalized spacial score (nSPS) is 37.2. The maximum atomic E-state index is 5.44. The van der Waals surface area contributed by atoms with E-state index >= 15 is 0 Å². The zero-order valence-electron chi connectivity index (χ0n) is 12.7. The second kappa shape index (κ2) is 5.10. The Morgan fingerprint density at radius 1 is 1.00 bits per heavy atom. The highest BCUT2D eigenvalue weighted by Crippen LogP contribution is 2.54. The van der Waals surface area contributed by atoms with Crippen LogP contribution in [0.25, 0.3) is 0 Å². The average Bonchev–Trinajstić information content (AvgIpc) is 2.80. The first kappa shape index (κ1) is 14.3. The Balaban J connectivity index is 2.25. The second-order valence-electron chi connectivity index (χ2n) is 6.98. The van der Waals surface area contributed by atoms with Gasteiger partial charge in [-0.1, -0.05) is 20.8 Å². The van der Waals surface area contributed by atoms with Crippen molar-refractivity contribution in [1.29, 1.82) is 0 Å². The van der Waals surface area contributed by atoms with Crippen LogP contribution in [0.5, 0.6) is 0 Å². The van der Waals surface area contributed by atoms with Gasteiger partial charge in [-0.15, -0.1) is 0 Å². The van der Waals surface area contributed by atoms with Crippen molar-refractivity contribution in [2.45, 2.75) is 64.1 Å². The van der Waals surface area contributed by atoms with Crippen molar-refractivity contribution in [1.82, 2.24) is 4.90 Å². The number of hydrogen-bond acceptors (Lipinski definition) is 3. The summed E-state index contributed by atoms with van der Waals surface area (Å²) in [6.45, 7) is 8.90. The summed E-state index contributed by atoms with van der Waals surface area (Å²) in [7, 11) is 3.64. The molecule has 0 aromatic rings. The van der Waals surface area contributed by atoms with Gasteiger partial charge in [0.15, 0.2) is 0 Å². The van der Waals surface area contributed by atoms with Crippen LogP contribution in [0.3, 0.4) is 0 Å². The summed E-state index contributed by atoms with van der Waals surface area (Å²) in [5.41, 5.74) is 0.692. The predicted molar refractivity (Wildman–Crippen MR) is 73.8 cm³/mol. The minimum Gasteiger partial charge on any atom is -0.383 e. The van der Waals surface area contributed by atoms with Crippen LogP contribution in [0.4, 0.5) is 0 Å². The molecule has 3 nitrogen and oxygen atoms in total. The van der Waals surface area contributed by atoms with Crippen LogP contribution in [-0.4, -0.2) is 50.0 Å². The van der Waals surface area contributed by atoms with Gasteiger partial charge in [0.2, 0.25) is 0 Å². The van der Waals surface area contributed by atoms with Crippen molar-refractivity contribution in [2.75, 3.05) is 27.4 Å². The Labute approximate surface area is 112 Å². The summed E-state index contributed by atoms with van der Waals surface area (Å²) < 4.78 is 10.9. The molecule has 18 heavy (non-hydrogen) atoms. The van der Waals surface area contributed by atoms with Gasteiger partial charge >= 0.3 is 0 Å².